The van der Waals surface area contributed by atoms with Crippen molar-refractivity contribution in [1.29, 1.82) is 0 Å². The summed E-state index contributed by atoms with van der Waals surface area (Å²) >= 11 is 1.37. The second kappa shape index (κ2) is 7.80. The lowest BCUT2D eigenvalue weighted by molar-refractivity contribution is -0.131. The molecule has 0 bridgehead atoms. The minimum absolute atomic E-state index is 0.0536. The van der Waals surface area contributed by atoms with E-state index in [1.165, 1.54) is 22.9 Å². The Bertz CT molecular complexity index is 1090. The maximum Gasteiger partial charge on any atom is 0.262 e. The first kappa shape index (κ1) is 18.7. The van der Waals surface area contributed by atoms with Crippen LogP contribution in [0.4, 0.5) is 0 Å². The Morgan fingerprint density at radius 1 is 1.14 bits per heavy atom. The maximum absolute atomic E-state index is 13.1. The van der Waals surface area contributed by atoms with Crippen molar-refractivity contribution in [2.24, 2.45) is 0 Å². The molecule has 3 aromatic rings. The number of thioether (sulfide) groups is 1. The molecule has 144 valence electrons. The number of rotatable bonds is 4. The van der Waals surface area contributed by atoms with Crippen LogP contribution in [-0.4, -0.2) is 32.2 Å². The van der Waals surface area contributed by atoms with Crippen molar-refractivity contribution < 1.29 is 4.79 Å². The molecule has 28 heavy (non-hydrogen) atoms. The van der Waals surface area contributed by atoms with Crippen LogP contribution in [0, 0.1) is 0 Å². The Balaban J connectivity index is 1.57. The minimum Gasteiger partial charge on any atom is -0.337 e. The van der Waals surface area contributed by atoms with E-state index >= 15 is 0 Å². The van der Waals surface area contributed by atoms with Crippen molar-refractivity contribution in [3.8, 4) is 0 Å². The Kier molecular flexibility index (Phi) is 5.22. The van der Waals surface area contributed by atoms with Crippen LogP contribution in [0.5, 0.6) is 0 Å². The van der Waals surface area contributed by atoms with E-state index in [2.05, 4.69) is 17.1 Å². The molecule has 1 aromatic heterocycles. The fraction of sp³-hybridized carbons (Fsp3) is 0.318. The highest BCUT2D eigenvalue weighted by atomic mass is 32.2. The zero-order valence-corrected chi connectivity index (χ0v) is 16.9. The van der Waals surface area contributed by atoms with E-state index in [0.717, 1.165) is 13.0 Å². The predicted molar refractivity (Wildman–Crippen MR) is 113 cm³/mol. The van der Waals surface area contributed by atoms with Crippen molar-refractivity contribution >= 4 is 28.6 Å². The molecule has 1 aliphatic rings. The van der Waals surface area contributed by atoms with Crippen molar-refractivity contribution in [2.75, 3.05) is 6.54 Å². The van der Waals surface area contributed by atoms with Gasteiger partial charge < -0.3 is 4.90 Å². The van der Waals surface area contributed by atoms with Gasteiger partial charge in [0, 0.05) is 19.6 Å². The highest BCUT2D eigenvalue weighted by Crippen LogP contribution is 2.26. The van der Waals surface area contributed by atoms with Gasteiger partial charge in [-0.05, 0) is 43.5 Å². The molecule has 6 heteroatoms. The zero-order valence-electron chi connectivity index (χ0n) is 16.1. The van der Waals surface area contributed by atoms with Crippen LogP contribution in [0.25, 0.3) is 10.9 Å². The van der Waals surface area contributed by atoms with Gasteiger partial charge in [0.25, 0.3) is 5.56 Å². The molecule has 1 atom stereocenters. The van der Waals surface area contributed by atoms with Crippen LogP contribution in [0.2, 0.25) is 0 Å². The van der Waals surface area contributed by atoms with E-state index < -0.39 is 0 Å². The van der Waals surface area contributed by atoms with Gasteiger partial charge in [-0.3, -0.25) is 14.2 Å². The smallest absolute Gasteiger partial charge is 0.262 e. The van der Waals surface area contributed by atoms with Crippen molar-refractivity contribution in [3.05, 3.63) is 70.0 Å². The highest BCUT2D eigenvalue weighted by molar-refractivity contribution is 8.00. The average molecular weight is 394 g/mol. The number of hydrogen-bond acceptors (Lipinski definition) is 4. The highest BCUT2D eigenvalue weighted by Gasteiger charge is 2.26. The molecule has 0 fully saturated rings. The van der Waals surface area contributed by atoms with E-state index in [4.69, 9.17) is 0 Å². The Morgan fingerprint density at radius 3 is 2.64 bits per heavy atom. The summed E-state index contributed by atoms with van der Waals surface area (Å²) < 4.78 is 1.66. The van der Waals surface area contributed by atoms with Crippen LogP contribution in [0.1, 0.15) is 25.0 Å². The normalized spacial score (nSPS) is 14.7. The molecule has 0 saturated heterocycles. The van der Waals surface area contributed by atoms with Crippen molar-refractivity contribution in [2.45, 2.75) is 43.8 Å². The topological polar surface area (TPSA) is 55.2 Å². The molecule has 0 aliphatic carbocycles. The largest absolute Gasteiger partial charge is 0.337 e. The van der Waals surface area contributed by atoms with E-state index in [1.807, 2.05) is 49.1 Å². The molecular weight excluding hydrogens is 370 g/mol. The third kappa shape index (κ3) is 3.44. The van der Waals surface area contributed by atoms with Crippen molar-refractivity contribution in [1.82, 2.24) is 14.5 Å². The number of aromatic nitrogens is 2. The summed E-state index contributed by atoms with van der Waals surface area (Å²) in [5, 5.41) is 0.904. The van der Waals surface area contributed by atoms with E-state index in [1.54, 1.807) is 10.6 Å². The minimum atomic E-state index is -0.309. The molecule has 0 saturated carbocycles. The molecule has 4 rings (SSSR count). The van der Waals surface area contributed by atoms with E-state index in [-0.39, 0.29) is 16.7 Å². The number of para-hydroxylation sites is 1. The van der Waals surface area contributed by atoms with Crippen LogP contribution >= 0.6 is 11.8 Å². The summed E-state index contributed by atoms with van der Waals surface area (Å²) in [5.41, 5.74) is 3.16. The van der Waals surface area contributed by atoms with Gasteiger partial charge in [0.15, 0.2) is 5.16 Å². The first-order valence-electron chi connectivity index (χ1n) is 9.60. The number of amides is 1. The van der Waals surface area contributed by atoms with Crippen molar-refractivity contribution in [3.63, 3.8) is 0 Å². The number of carbonyl (C=O) groups excluding carboxylic acids is 1. The first-order chi connectivity index (χ1) is 13.6. The summed E-state index contributed by atoms with van der Waals surface area (Å²) in [6.07, 6.45) is 0.882. The molecule has 1 aliphatic heterocycles. The standard InChI is InChI=1S/C22H23N3O2S/c1-3-25-21(27)18-10-6-7-11-19(18)23-22(25)28-15(2)20(26)24-13-12-16-8-4-5-9-17(16)14-24/h4-11,15H,3,12-14H2,1-2H3. The number of nitrogens with zero attached hydrogens (tertiary/aromatic N) is 3. The SMILES string of the molecule is CCn1c(SC(C)C(=O)N2CCc3ccccc3C2)nc2ccccc2c1=O. The fourth-order valence-electron chi connectivity index (χ4n) is 3.67. The van der Waals surface area contributed by atoms with E-state index in [0.29, 0.717) is 29.1 Å². The molecule has 2 heterocycles. The molecular formula is C22H23N3O2S. The second-order valence-electron chi connectivity index (χ2n) is 7.00. The molecule has 0 spiro atoms. The molecule has 0 radical (unpaired) electrons. The van der Waals surface area contributed by atoms with Crippen LogP contribution in [0.3, 0.4) is 0 Å². The Labute approximate surface area is 168 Å². The first-order valence-corrected chi connectivity index (χ1v) is 10.5. The lowest BCUT2D eigenvalue weighted by atomic mass is 10.00. The lowest BCUT2D eigenvalue weighted by Crippen LogP contribution is -2.40. The Hall–Kier alpha value is -2.60. The van der Waals surface area contributed by atoms with Gasteiger partial charge in [0.2, 0.25) is 5.91 Å². The summed E-state index contributed by atoms with van der Waals surface area (Å²) in [5.74, 6) is 0.0876. The molecule has 1 amide bonds. The monoisotopic (exact) mass is 393 g/mol. The van der Waals surface area contributed by atoms with E-state index in [9.17, 15) is 9.59 Å². The third-order valence-electron chi connectivity index (χ3n) is 5.22. The number of carbonyl (C=O) groups is 1. The van der Waals surface area contributed by atoms with Crippen LogP contribution in [0.15, 0.2) is 58.5 Å². The number of benzene rings is 2. The Morgan fingerprint density at radius 2 is 1.86 bits per heavy atom. The molecule has 1 unspecified atom stereocenters. The summed E-state index contributed by atoms with van der Waals surface area (Å²) in [6.45, 7) is 5.72. The maximum atomic E-state index is 13.1. The zero-order chi connectivity index (χ0) is 19.7. The van der Waals surface area contributed by atoms with Gasteiger partial charge >= 0.3 is 0 Å². The van der Waals surface area contributed by atoms with Gasteiger partial charge in [-0.1, -0.05) is 48.2 Å². The van der Waals surface area contributed by atoms with Gasteiger partial charge in [-0.2, -0.15) is 0 Å². The third-order valence-corrected chi connectivity index (χ3v) is 6.29. The van der Waals surface area contributed by atoms with Gasteiger partial charge in [-0.25, -0.2) is 4.98 Å². The fourth-order valence-corrected chi connectivity index (χ4v) is 4.72. The number of fused-ring (bicyclic) bond motifs is 2. The second-order valence-corrected chi connectivity index (χ2v) is 8.31. The summed E-state index contributed by atoms with van der Waals surface area (Å²) in [4.78, 5) is 32.4. The molecule has 2 aromatic carbocycles. The van der Waals surface area contributed by atoms with Gasteiger partial charge in [0.1, 0.15) is 0 Å². The van der Waals surface area contributed by atoms with Gasteiger partial charge in [-0.15, -0.1) is 0 Å². The molecule has 0 N–H and O–H groups in total. The molecule has 5 nitrogen and oxygen atoms in total. The predicted octanol–water partition coefficient (Wildman–Crippen LogP) is 3.48. The summed E-state index contributed by atoms with van der Waals surface area (Å²) in [7, 11) is 0. The lowest BCUT2D eigenvalue weighted by Gasteiger charge is -2.30. The quantitative estimate of drug-likeness (QED) is 0.503. The van der Waals surface area contributed by atoms with Crippen LogP contribution in [-0.2, 0) is 24.3 Å². The van der Waals surface area contributed by atoms with Gasteiger partial charge in [0.05, 0.1) is 16.2 Å². The average Bonchev–Trinajstić information content (AvgIpc) is 2.73. The van der Waals surface area contributed by atoms with Crippen LogP contribution < -0.4 is 5.56 Å². The summed E-state index contributed by atoms with van der Waals surface area (Å²) in [6, 6.07) is 15.6. The number of hydrogen-bond donors (Lipinski definition) is 0.